The molecule has 0 saturated carbocycles. The lowest BCUT2D eigenvalue weighted by Gasteiger charge is -2.18. The summed E-state index contributed by atoms with van der Waals surface area (Å²) in [5, 5.41) is 6.78. The van der Waals surface area contributed by atoms with Crippen LogP contribution in [0, 0.1) is 0 Å². The van der Waals surface area contributed by atoms with E-state index in [1.54, 1.807) is 0 Å². The highest BCUT2D eigenvalue weighted by Gasteiger charge is 2.25. The number of nitrogens with one attached hydrogen (secondary N) is 2. The van der Waals surface area contributed by atoms with Crippen LogP contribution in [0.1, 0.15) is 32.1 Å². The Labute approximate surface area is 95.8 Å². The molecule has 3 nitrogen and oxygen atoms in total. The van der Waals surface area contributed by atoms with Gasteiger partial charge in [0.2, 0.25) is 5.91 Å². The van der Waals surface area contributed by atoms with Crippen molar-refractivity contribution in [2.45, 2.75) is 43.4 Å². The largest absolute Gasteiger partial charge is 0.351 e. The number of hydrogen-bond acceptors (Lipinski definition) is 3. The molecule has 2 aliphatic heterocycles. The van der Waals surface area contributed by atoms with Gasteiger partial charge in [-0.2, -0.15) is 0 Å². The standard InChI is InChI=1S/C11H20N2OS/c14-11(10-5-3-7-15-10)13-9-4-1-2-6-12-8-9/h9-10,12H,1-8H2,(H,13,14). The van der Waals surface area contributed by atoms with Crippen molar-refractivity contribution >= 4 is 17.7 Å². The molecule has 0 aromatic carbocycles. The lowest BCUT2D eigenvalue weighted by molar-refractivity contribution is -0.121. The van der Waals surface area contributed by atoms with Crippen molar-refractivity contribution in [3.63, 3.8) is 0 Å². The molecule has 4 heteroatoms. The van der Waals surface area contributed by atoms with E-state index in [4.69, 9.17) is 0 Å². The minimum atomic E-state index is 0.230. The van der Waals surface area contributed by atoms with Crippen molar-refractivity contribution in [3.05, 3.63) is 0 Å². The summed E-state index contributed by atoms with van der Waals surface area (Å²) < 4.78 is 0. The fourth-order valence-corrected chi connectivity index (χ4v) is 3.39. The number of amides is 1. The Balaban J connectivity index is 1.76. The zero-order chi connectivity index (χ0) is 10.5. The number of carbonyl (C=O) groups excluding carboxylic acids is 1. The number of carbonyl (C=O) groups is 1. The number of rotatable bonds is 2. The highest BCUT2D eigenvalue weighted by Crippen LogP contribution is 2.26. The molecule has 0 aromatic rings. The average molecular weight is 228 g/mol. The minimum Gasteiger partial charge on any atom is -0.351 e. The van der Waals surface area contributed by atoms with Crippen molar-refractivity contribution in [2.75, 3.05) is 18.8 Å². The molecule has 0 aliphatic carbocycles. The average Bonchev–Trinajstić information content (AvgIpc) is 2.65. The van der Waals surface area contributed by atoms with Crippen LogP contribution >= 0.6 is 11.8 Å². The van der Waals surface area contributed by atoms with Crippen molar-refractivity contribution < 1.29 is 4.79 Å². The molecule has 2 unspecified atom stereocenters. The molecule has 0 spiro atoms. The Hall–Kier alpha value is -0.220. The molecule has 2 rings (SSSR count). The van der Waals surface area contributed by atoms with Gasteiger partial charge in [-0.1, -0.05) is 6.42 Å². The first-order valence-corrected chi connectivity index (χ1v) is 7.04. The summed E-state index contributed by atoms with van der Waals surface area (Å²) in [5.74, 6) is 1.42. The van der Waals surface area contributed by atoms with Gasteiger partial charge in [0.25, 0.3) is 0 Å². The van der Waals surface area contributed by atoms with E-state index in [1.807, 2.05) is 11.8 Å². The van der Waals surface area contributed by atoms with Crippen molar-refractivity contribution in [1.29, 1.82) is 0 Å². The first-order chi connectivity index (χ1) is 7.36. The molecule has 2 fully saturated rings. The molecule has 86 valence electrons. The molecule has 15 heavy (non-hydrogen) atoms. The SMILES string of the molecule is O=C(NC1CCCCNC1)C1CCCS1. The first-order valence-electron chi connectivity index (χ1n) is 5.99. The highest BCUT2D eigenvalue weighted by atomic mass is 32.2. The van der Waals surface area contributed by atoms with E-state index in [9.17, 15) is 4.79 Å². The zero-order valence-electron chi connectivity index (χ0n) is 9.13. The number of hydrogen-bond donors (Lipinski definition) is 2. The van der Waals surface area contributed by atoms with Crippen LogP contribution < -0.4 is 10.6 Å². The normalized spacial score (nSPS) is 32.3. The molecule has 0 radical (unpaired) electrons. The minimum absolute atomic E-state index is 0.230. The number of thioether (sulfide) groups is 1. The highest BCUT2D eigenvalue weighted by molar-refractivity contribution is 8.00. The molecule has 2 N–H and O–H groups in total. The smallest absolute Gasteiger partial charge is 0.233 e. The first kappa shape index (κ1) is 11.3. The van der Waals surface area contributed by atoms with Gasteiger partial charge in [-0.15, -0.1) is 11.8 Å². The van der Waals surface area contributed by atoms with Gasteiger partial charge in [-0.3, -0.25) is 4.79 Å². The van der Waals surface area contributed by atoms with Crippen LogP contribution in [0.15, 0.2) is 0 Å². The fourth-order valence-electron chi connectivity index (χ4n) is 2.22. The fraction of sp³-hybridized carbons (Fsp3) is 0.909. The second-order valence-electron chi connectivity index (χ2n) is 4.41. The summed E-state index contributed by atoms with van der Waals surface area (Å²) in [6, 6.07) is 0.362. The van der Waals surface area contributed by atoms with Gasteiger partial charge in [-0.25, -0.2) is 0 Å². The molecular weight excluding hydrogens is 208 g/mol. The van der Waals surface area contributed by atoms with Crippen molar-refractivity contribution in [2.24, 2.45) is 0 Å². The van der Waals surface area contributed by atoms with Gasteiger partial charge in [-0.05, 0) is 38.0 Å². The third-order valence-corrected chi connectivity index (χ3v) is 4.49. The molecule has 0 aromatic heterocycles. The van der Waals surface area contributed by atoms with Crippen LogP contribution in [0.2, 0.25) is 0 Å². The maximum atomic E-state index is 11.9. The van der Waals surface area contributed by atoms with Crippen LogP contribution in [0.5, 0.6) is 0 Å². The molecule has 0 bridgehead atoms. The lowest BCUT2D eigenvalue weighted by Crippen LogP contribution is -2.44. The van der Waals surface area contributed by atoms with E-state index in [0.717, 1.165) is 31.7 Å². The topological polar surface area (TPSA) is 41.1 Å². The van der Waals surface area contributed by atoms with E-state index in [2.05, 4.69) is 10.6 Å². The summed E-state index contributed by atoms with van der Waals surface area (Å²) >= 11 is 1.81. The van der Waals surface area contributed by atoms with E-state index in [0.29, 0.717) is 6.04 Å². The van der Waals surface area contributed by atoms with Crippen molar-refractivity contribution in [3.8, 4) is 0 Å². The Kier molecular flexibility index (Phi) is 4.32. The molecule has 2 heterocycles. The van der Waals surface area contributed by atoms with Gasteiger partial charge in [0.1, 0.15) is 0 Å². The van der Waals surface area contributed by atoms with E-state index in [-0.39, 0.29) is 11.2 Å². The quantitative estimate of drug-likeness (QED) is 0.745. The van der Waals surface area contributed by atoms with Crippen LogP contribution in [0.3, 0.4) is 0 Å². The summed E-state index contributed by atoms with van der Waals surface area (Å²) in [4.78, 5) is 11.9. The monoisotopic (exact) mass is 228 g/mol. The van der Waals surface area contributed by atoms with Crippen LogP contribution in [0.25, 0.3) is 0 Å². The zero-order valence-corrected chi connectivity index (χ0v) is 9.94. The maximum absolute atomic E-state index is 11.9. The molecular formula is C11H20N2OS. The van der Waals surface area contributed by atoms with Gasteiger partial charge in [0.15, 0.2) is 0 Å². The molecule has 2 aliphatic rings. The summed E-state index contributed by atoms with van der Waals surface area (Å²) in [6.07, 6.45) is 5.87. The predicted molar refractivity (Wildman–Crippen MR) is 64.1 cm³/mol. The molecule has 2 atom stereocenters. The van der Waals surface area contributed by atoms with Crippen LogP contribution in [0.4, 0.5) is 0 Å². The molecule has 2 saturated heterocycles. The Morgan fingerprint density at radius 2 is 2.20 bits per heavy atom. The van der Waals surface area contributed by atoms with Gasteiger partial charge in [0.05, 0.1) is 5.25 Å². The Morgan fingerprint density at radius 3 is 3.00 bits per heavy atom. The molecule has 1 amide bonds. The second kappa shape index (κ2) is 5.75. The van der Waals surface area contributed by atoms with Crippen LogP contribution in [-0.4, -0.2) is 36.0 Å². The maximum Gasteiger partial charge on any atom is 0.233 e. The summed E-state index contributed by atoms with van der Waals surface area (Å²) in [6.45, 7) is 2.05. The summed E-state index contributed by atoms with van der Waals surface area (Å²) in [5.41, 5.74) is 0. The third-order valence-electron chi connectivity index (χ3n) is 3.12. The Morgan fingerprint density at radius 1 is 1.27 bits per heavy atom. The third kappa shape index (κ3) is 3.38. The lowest BCUT2D eigenvalue weighted by atomic mass is 10.1. The van der Waals surface area contributed by atoms with Crippen LogP contribution in [-0.2, 0) is 4.79 Å². The van der Waals surface area contributed by atoms with E-state index < -0.39 is 0 Å². The van der Waals surface area contributed by atoms with E-state index >= 15 is 0 Å². The Bertz CT molecular complexity index is 209. The van der Waals surface area contributed by atoms with Gasteiger partial charge >= 0.3 is 0 Å². The van der Waals surface area contributed by atoms with Crippen molar-refractivity contribution in [1.82, 2.24) is 10.6 Å². The predicted octanol–water partition coefficient (Wildman–Crippen LogP) is 1.14. The summed E-state index contributed by atoms with van der Waals surface area (Å²) in [7, 11) is 0. The van der Waals surface area contributed by atoms with Gasteiger partial charge < -0.3 is 10.6 Å². The van der Waals surface area contributed by atoms with E-state index in [1.165, 1.54) is 19.3 Å². The van der Waals surface area contributed by atoms with Gasteiger partial charge in [0, 0.05) is 12.6 Å². The second-order valence-corrected chi connectivity index (χ2v) is 5.72.